The lowest BCUT2D eigenvalue weighted by Gasteiger charge is -2.34. The van der Waals surface area contributed by atoms with Gasteiger partial charge in [0.25, 0.3) is 0 Å². The minimum Gasteiger partial charge on any atom is -0.497 e. The van der Waals surface area contributed by atoms with Gasteiger partial charge in [0.05, 0.1) is 38.1 Å². The predicted molar refractivity (Wildman–Crippen MR) is 114 cm³/mol. The van der Waals surface area contributed by atoms with E-state index in [0.29, 0.717) is 17.1 Å². The van der Waals surface area contributed by atoms with Crippen molar-refractivity contribution in [2.45, 2.75) is 13.0 Å². The monoisotopic (exact) mass is 444 g/mol. The fourth-order valence-corrected chi connectivity index (χ4v) is 3.34. The van der Waals surface area contributed by atoms with E-state index in [1.165, 1.54) is 44.4 Å². The quantitative estimate of drug-likeness (QED) is 0.628. The van der Waals surface area contributed by atoms with Crippen molar-refractivity contribution < 1.29 is 32.9 Å². The molecule has 1 aliphatic rings. The predicted octanol–water partition coefficient (Wildman–Crippen LogP) is 3.44. The second-order valence-electron chi connectivity index (χ2n) is 6.89. The summed E-state index contributed by atoms with van der Waals surface area (Å²) in [5.41, 5.74) is 0.969. The lowest BCUT2D eigenvalue weighted by Crippen LogP contribution is -2.48. The van der Waals surface area contributed by atoms with E-state index in [4.69, 9.17) is 18.9 Å². The summed E-state index contributed by atoms with van der Waals surface area (Å²) >= 11 is 0. The molecule has 2 aromatic rings. The number of likely N-dealkylation sites (N-methyl/N-ethyl adjacent to an activating group) is 1. The van der Waals surface area contributed by atoms with Gasteiger partial charge < -0.3 is 24.3 Å². The van der Waals surface area contributed by atoms with Crippen molar-refractivity contribution in [1.29, 1.82) is 0 Å². The standard InChI is InChI=1S/C23H25FN2O6/c1-5-31-22(27)20-18(13-32-19-9-7-6-8-17(19)24)26(2)23(28)25-21(20)14-10-15(29-3)12-16(11-14)30-4/h6-12,21H,5,13H2,1-4H3,(H,25,28)/t21-/m1/s1. The third kappa shape index (κ3) is 4.77. The first-order valence-electron chi connectivity index (χ1n) is 9.94. The molecule has 9 heteroatoms. The number of benzene rings is 2. The summed E-state index contributed by atoms with van der Waals surface area (Å²) in [6, 6.07) is 9.63. The molecule has 0 unspecified atom stereocenters. The molecule has 0 fully saturated rings. The molecule has 3 rings (SSSR count). The summed E-state index contributed by atoms with van der Waals surface area (Å²) < 4.78 is 35.6. The number of carbonyl (C=O) groups is 2. The topological polar surface area (TPSA) is 86.3 Å². The molecule has 0 aliphatic carbocycles. The number of rotatable bonds is 8. The Balaban J connectivity index is 2.10. The molecule has 0 aromatic heterocycles. The van der Waals surface area contributed by atoms with Gasteiger partial charge in [-0.15, -0.1) is 0 Å². The van der Waals surface area contributed by atoms with Crippen molar-refractivity contribution in [3.05, 3.63) is 65.1 Å². The van der Waals surface area contributed by atoms with Crippen LogP contribution < -0.4 is 19.5 Å². The minimum atomic E-state index is -0.860. The lowest BCUT2D eigenvalue weighted by atomic mass is 9.94. The maximum Gasteiger partial charge on any atom is 0.338 e. The minimum absolute atomic E-state index is 0.00203. The molecule has 1 aliphatic heterocycles. The molecule has 1 N–H and O–H groups in total. The lowest BCUT2D eigenvalue weighted by molar-refractivity contribution is -0.139. The average molecular weight is 444 g/mol. The summed E-state index contributed by atoms with van der Waals surface area (Å²) in [5, 5.41) is 2.80. The van der Waals surface area contributed by atoms with Crippen LogP contribution in [-0.2, 0) is 9.53 Å². The van der Waals surface area contributed by atoms with Crippen LogP contribution in [0.5, 0.6) is 17.2 Å². The first-order valence-corrected chi connectivity index (χ1v) is 9.94. The smallest absolute Gasteiger partial charge is 0.338 e. The van der Waals surface area contributed by atoms with Gasteiger partial charge in [-0.1, -0.05) is 12.1 Å². The van der Waals surface area contributed by atoms with E-state index < -0.39 is 23.9 Å². The van der Waals surface area contributed by atoms with Gasteiger partial charge in [-0.2, -0.15) is 0 Å². The van der Waals surface area contributed by atoms with E-state index in [0.717, 1.165) is 0 Å². The Morgan fingerprint density at radius 2 is 1.78 bits per heavy atom. The number of halogens is 1. The Hall–Kier alpha value is -3.75. The third-order valence-corrected chi connectivity index (χ3v) is 4.98. The molecule has 2 aromatic carbocycles. The molecule has 32 heavy (non-hydrogen) atoms. The average Bonchev–Trinajstić information content (AvgIpc) is 2.80. The number of hydrogen-bond donors (Lipinski definition) is 1. The molecule has 170 valence electrons. The summed E-state index contributed by atoms with van der Waals surface area (Å²) in [7, 11) is 4.50. The van der Waals surface area contributed by atoms with Gasteiger partial charge in [-0.25, -0.2) is 14.0 Å². The molecular weight excluding hydrogens is 419 g/mol. The Labute approximate surface area is 185 Å². The molecule has 0 spiro atoms. The number of nitrogens with zero attached hydrogens (tertiary/aromatic N) is 1. The highest BCUT2D eigenvalue weighted by Gasteiger charge is 2.37. The van der Waals surface area contributed by atoms with E-state index in [2.05, 4.69) is 5.32 Å². The van der Waals surface area contributed by atoms with Crippen LogP contribution in [0.15, 0.2) is 53.7 Å². The molecule has 0 radical (unpaired) electrons. The van der Waals surface area contributed by atoms with Crippen LogP contribution in [0.1, 0.15) is 18.5 Å². The van der Waals surface area contributed by atoms with E-state index >= 15 is 0 Å². The van der Waals surface area contributed by atoms with Crippen LogP contribution in [0.2, 0.25) is 0 Å². The Bertz CT molecular complexity index is 1020. The van der Waals surface area contributed by atoms with Crippen molar-refractivity contribution in [2.75, 3.05) is 34.5 Å². The number of ether oxygens (including phenoxy) is 4. The number of amides is 2. The second-order valence-corrected chi connectivity index (χ2v) is 6.89. The van der Waals surface area contributed by atoms with E-state index in [-0.39, 0.29) is 30.2 Å². The van der Waals surface area contributed by atoms with E-state index in [1.54, 1.807) is 31.2 Å². The highest BCUT2D eigenvalue weighted by atomic mass is 19.1. The molecule has 1 heterocycles. The van der Waals surface area contributed by atoms with Crippen molar-refractivity contribution in [3.8, 4) is 17.2 Å². The van der Waals surface area contributed by atoms with Crippen LogP contribution in [0, 0.1) is 5.82 Å². The number of nitrogens with one attached hydrogen (secondary N) is 1. The molecule has 1 atom stereocenters. The zero-order chi connectivity index (χ0) is 23.3. The first-order chi connectivity index (χ1) is 15.4. The largest absolute Gasteiger partial charge is 0.497 e. The van der Waals surface area contributed by atoms with Gasteiger partial charge in [-0.05, 0) is 36.8 Å². The summed E-state index contributed by atoms with van der Waals surface area (Å²) in [6.45, 7) is 1.59. The molecule has 0 bridgehead atoms. The van der Waals surface area contributed by atoms with Crippen molar-refractivity contribution in [1.82, 2.24) is 10.2 Å². The molecular formula is C23H25FN2O6. The van der Waals surface area contributed by atoms with Gasteiger partial charge in [0.1, 0.15) is 18.1 Å². The second kappa shape index (κ2) is 10.0. The summed E-state index contributed by atoms with van der Waals surface area (Å²) in [4.78, 5) is 27.0. The van der Waals surface area contributed by atoms with Crippen molar-refractivity contribution in [2.24, 2.45) is 0 Å². The number of hydrogen-bond acceptors (Lipinski definition) is 6. The highest BCUT2D eigenvalue weighted by Crippen LogP contribution is 2.35. The number of urea groups is 1. The zero-order valence-corrected chi connectivity index (χ0v) is 18.3. The SMILES string of the molecule is CCOC(=O)C1=C(COc2ccccc2F)N(C)C(=O)N[C@@H]1c1cc(OC)cc(OC)c1. The van der Waals surface area contributed by atoms with Gasteiger partial charge in [-0.3, -0.25) is 4.90 Å². The fraction of sp³-hybridized carbons (Fsp3) is 0.304. The van der Waals surface area contributed by atoms with Gasteiger partial charge in [0, 0.05) is 13.1 Å². The normalized spacial score (nSPS) is 15.8. The van der Waals surface area contributed by atoms with Gasteiger partial charge in [0.15, 0.2) is 11.6 Å². The Morgan fingerprint density at radius 1 is 1.12 bits per heavy atom. The Morgan fingerprint density at radius 3 is 2.38 bits per heavy atom. The molecule has 8 nitrogen and oxygen atoms in total. The number of carbonyl (C=O) groups excluding carboxylic acids is 2. The molecule has 0 saturated heterocycles. The van der Waals surface area contributed by atoms with Crippen LogP contribution >= 0.6 is 0 Å². The van der Waals surface area contributed by atoms with Crippen LogP contribution in [-0.4, -0.2) is 51.4 Å². The number of methoxy groups -OCH3 is 2. The van der Waals surface area contributed by atoms with Crippen LogP contribution in [0.25, 0.3) is 0 Å². The maximum atomic E-state index is 14.0. The molecule has 2 amide bonds. The van der Waals surface area contributed by atoms with Crippen LogP contribution in [0.3, 0.4) is 0 Å². The van der Waals surface area contributed by atoms with Gasteiger partial charge in [0.2, 0.25) is 0 Å². The zero-order valence-electron chi connectivity index (χ0n) is 18.3. The fourth-order valence-electron chi connectivity index (χ4n) is 3.34. The van der Waals surface area contributed by atoms with E-state index in [9.17, 15) is 14.0 Å². The van der Waals surface area contributed by atoms with E-state index in [1.807, 2.05) is 0 Å². The first kappa shape index (κ1) is 22.9. The van der Waals surface area contributed by atoms with Crippen molar-refractivity contribution >= 4 is 12.0 Å². The van der Waals surface area contributed by atoms with Gasteiger partial charge >= 0.3 is 12.0 Å². The van der Waals surface area contributed by atoms with Crippen molar-refractivity contribution in [3.63, 3.8) is 0 Å². The number of esters is 1. The highest BCUT2D eigenvalue weighted by molar-refractivity contribution is 5.95. The maximum absolute atomic E-state index is 14.0. The summed E-state index contributed by atoms with van der Waals surface area (Å²) in [5.74, 6) is -0.206. The Kier molecular flexibility index (Phi) is 7.19. The number of para-hydroxylation sites is 1. The molecule has 0 saturated carbocycles. The third-order valence-electron chi connectivity index (χ3n) is 4.98. The van der Waals surface area contributed by atoms with Crippen LogP contribution in [0.4, 0.5) is 9.18 Å². The summed E-state index contributed by atoms with van der Waals surface area (Å²) in [6.07, 6.45) is 0.